The standard InChI is InChI=1S/C23H30N2O.C2H2O4/c1-2-26-23-10-6-5-9-21(23)17-24-14-12-22(13-15-24)25-16-11-19-7-3-4-8-20(19)18-25;3-1(4)2(5)6/h3-10,22H,2,11-18H2,1H3;(H,3,4)(H,5,6). The zero-order chi connectivity index (χ0) is 22.9. The maximum atomic E-state index is 9.10. The quantitative estimate of drug-likeness (QED) is 0.690. The molecule has 0 bridgehead atoms. The van der Waals surface area contributed by atoms with Crippen molar-refractivity contribution in [1.82, 2.24) is 9.80 Å². The highest BCUT2D eigenvalue weighted by Gasteiger charge is 2.27. The lowest BCUT2D eigenvalue weighted by Gasteiger charge is -2.40. The Hall–Kier alpha value is -2.90. The number of hydrogen-bond donors (Lipinski definition) is 2. The number of ether oxygens (including phenoxy) is 1. The van der Waals surface area contributed by atoms with Gasteiger partial charge in [0.1, 0.15) is 5.75 Å². The number of nitrogens with zero attached hydrogens (tertiary/aromatic N) is 2. The molecule has 2 heterocycles. The molecule has 1 saturated heterocycles. The van der Waals surface area contributed by atoms with Crippen molar-refractivity contribution >= 4 is 11.9 Å². The summed E-state index contributed by atoms with van der Waals surface area (Å²) in [5.74, 6) is -2.60. The first-order chi connectivity index (χ1) is 15.5. The van der Waals surface area contributed by atoms with E-state index in [1.54, 1.807) is 5.56 Å². The lowest BCUT2D eigenvalue weighted by Crippen LogP contribution is -2.46. The highest BCUT2D eigenvalue weighted by Crippen LogP contribution is 2.26. The fraction of sp³-hybridized carbons (Fsp3) is 0.440. The Labute approximate surface area is 189 Å². The molecule has 0 amide bonds. The van der Waals surface area contributed by atoms with Crippen molar-refractivity contribution in [3.8, 4) is 5.75 Å². The molecule has 7 nitrogen and oxygen atoms in total. The zero-order valence-corrected chi connectivity index (χ0v) is 18.6. The fourth-order valence-electron chi connectivity index (χ4n) is 4.44. The molecule has 0 saturated carbocycles. The zero-order valence-electron chi connectivity index (χ0n) is 18.6. The van der Waals surface area contributed by atoms with E-state index >= 15 is 0 Å². The van der Waals surface area contributed by atoms with Gasteiger partial charge >= 0.3 is 11.9 Å². The molecule has 0 atom stereocenters. The Morgan fingerprint density at radius 1 is 0.938 bits per heavy atom. The van der Waals surface area contributed by atoms with E-state index in [-0.39, 0.29) is 0 Å². The molecule has 2 aliphatic rings. The van der Waals surface area contributed by atoms with E-state index in [4.69, 9.17) is 24.5 Å². The molecule has 1 fully saturated rings. The monoisotopic (exact) mass is 440 g/mol. The van der Waals surface area contributed by atoms with Crippen molar-refractivity contribution in [3.63, 3.8) is 0 Å². The van der Waals surface area contributed by atoms with Gasteiger partial charge in [-0.3, -0.25) is 9.80 Å². The average molecular weight is 441 g/mol. The Balaban J connectivity index is 0.000000427. The topological polar surface area (TPSA) is 90.3 Å². The summed E-state index contributed by atoms with van der Waals surface area (Å²) in [6, 6.07) is 18.2. The largest absolute Gasteiger partial charge is 0.494 e. The number of fused-ring (bicyclic) bond motifs is 1. The van der Waals surface area contributed by atoms with Gasteiger partial charge in [-0.1, -0.05) is 42.5 Å². The molecule has 2 N–H and O–H groups in total. The van der Waals surface area contributed by atoms with Crippen LogP contribution in [0.25, 0.3) is 0 Å². The normalized spacial score (nSPS) is 17.0. The first kappa shape index (κ1) is 23.8. The first-order valence-electron chi connectivity index (χ1n) is 11.2. The summed E-state index contributed by atoms with van der Waals surface area (Å²) in [6.07, 6.45) is 3.76. The van der Waals surface area contributed by atoms with Crippen LogP contribution >= 0.6 is 0 Å². The van der Waals surface area contributed by atoms with Gasteiger partial charge in [0, 0.05) is 31.2 Å². The third-order valence-corrected chi connectivity index (χ3v) is 6.08. The minimum atomic E-state index is -1.82. The van der Waals surface area contributed by atoms with Crippen LogP contribution in [-0.2, 0) is 29.1 Å². The van der Waals surface area contributed by atoms with Crippen molar-refractivity contribution in [2.45, 2.75) is 45.3 Å². The van der Waals surface area contributed by atoms with Crippen LogP contribution in [0.2, 0.25) is 0 Å². The Bertz CT molecular complexity index is 897. The van der Waals surface area contributed by atoms with Crippen LogP contribution in [0.3, 0.4) is 0 Å². The predicted octanol–water partition coefficient (Wildman–Crippen LogP) is 3.26. The van der Waals surface area contributed by atoms with E-state index in [9.17, 15) is 0 Å². The minimum absolute atomic E-state index is 0.732. The summed E-state index contributed by atoms with van der Waals surface area (Å²) < 4.78 is 5.79. The van der Waals surface area contributed by atoms with Gasteiger partial charge in [0.15, 0.2) is 0 Å². The third kappa shape index (κ3) is 6.55. The molecule has 0 aliphatic carbocycles. The second-order valence-electron chi connectivity index (χ2n) is 8.15. The van der Waals surface area contributed by atoms with Gasteiger partial charge in [-0.2, -0.15) is 0 Å². The molecular weight excluding hydrogens is 408 g/mol. The lowest BCUT2D eigenvalue weighted by atomic mass is 9.95. The van der Waals surface area contributed by atoms with E-state index in [1.807, 2.05) is 0 Å². The fourth-order valence-corrected chi connectivity index (χ4v) is 4.44. The summed E-state index contributed by atoms with van der Waals surface area (Å²) in [5, 5.41) is 14.8. The van der Waals surface area contributed by atoms with Crippen LogP contribution in [-0.4, -0.2) is 64.2 Å². The van der Waals surface area contributed by atoms with Crippen molar-refractivity contribution in [2.75, 3.05) is 26.2 Å². The highest BCUT2D eigenvalue weighted by molar-refractivity contribution is 6.27. The van der Waals surface area contributed by atoms with Crippen molar-refractivity contribution in [3.05, 3.63) is 65.2 Å². The number of aliphatic carboxylic acids is 2. The van der Waals surface area contributed by atoms with Crippen molar-refractivity contribution in [2.24, 2.45) is 0 Å². The summed E-state index contributed by atoms with van der Waals surface area (Å²) in [7, 11) is 0. The summed E-state index contributed by atoms with van der Waals surface area (Å²) >= 11 is 0. The van der Waals surface area contributed by atoms with Crippen LogP contribution in [0.1, 0.15) is 36.5 Å². The Kier molecular flexibility index (Phi) is 8.64. The molecule has 172 valence electrons. The summed E-state index contributed by atoms with van der Waals surface area (Å²) in [5.41, 5.74) is 4.40. The van der Waals surface area contributed by atoms with Crippen LogP contribution in [0.5, 0.6) is 5.75 Å². The second kappa shape index (κ2) is 11.6. The van der Waals surface area contributed by atoms with E-state index in [0.29, 0.717) is 0 Å². The molecule has 0 spiro atoms. The number of rotatable bonds is 5. The number of benzene rings is 2. The van der Waals surface area contributed by atoms with Crippen LogP contribution in [0, 0.1) is 0 Å². The molecule has 2 aromatic carbocycles. The molecule has 0 aromatic heterocycles. The number of para-hydroxylation sites is 1. The lowest BCUT2D eigenvalue weighted by molar-refractivity contribution is -0.159. The molecular formula is C25H32N2O5. The molecule has 2 aliphatic heterocycles. The Morgan fingerprint density at radius 3 is 2.22 bits per heavy atom. The number of likely N-dealkylation sites (tertiary alicyclic amines) is 1. The number of carboxylic acid groups (broad SMARTS) is 2. The average Bonchev–Trinajstić information content (AvgIpc) is 2.81. The van der Waals surface area contributed by atoms with Gasteiger partial charge in [-0.05, 0) is 56.5 Å². The van der Waals surface area contributed by atoms with E-state index in [2.05, 4.69) is 65.3 Å². The molecule has 0 unspecified atom stereocenters. The number of hydrogen-bond acceptors (Lipinski definition) is 5. The van der Waals surface area contributed by atoms with E-state index in [1.165, 1.54) is 50.0 Å². The molecule has 4 rings (SSSR count). The van der Waals surface area contributed by atoms with E-state index < -0.39 is 11.9 Å². The summed E-state index contributed by atoms with van der Waals surface area (Å²) in [6.45, 7) is 8.51. The smallest absolute Gasteiger partial charge is 0.414 e. The van der Waals surface area contributed by atoms with Crippen LogP contribution < -0.4 is 4.74 Å². The minimum Gasteiger partial charge on any atom is -0.494 e. The summed E-state index contributed by atoms with van der Waals surface area (Å²) in [4.78, 5) is 23.5. The van der Waals surface area contributed by atoms with Gasteiger partial charge in [0.2, 0.25) is 0 Å². The predicted molar refractivity (Wildman–Crippen MR) is 122 cm³/mol. The van der Waals surface area contributed by atoms with E-state index in [0.717, 1.165) is 31.5 Å². The Morgan fingerprint density at radius 2 is 1.56 bits per heavy atom. The molecule has 2 aromatic rings. The molecule has 32 heavy (non-hydrogen) atoms. The third-order valence-electron chi connectivity index (χ3n) is 6.08. The van der Waals surface area contributed by atoms with Gasteiger partial charge in [-0.25, -0.2) is 9.59 Å². The highest BCUT2D eigenvalue weighted by atomic mass is 16.5. The number of carbonyl (C=O) groups is 2. The van der Waals surface area contributed by atoms with Crippen molar-refractivity contribution in [1.29, 1.82) is 0 Å². The maximum Gasteiger partial charge on any atom is 0.414 e. The van der Waals surface area contributed by atoms with Gasteiger partial charge in [0.05, 0.1) is 6.61 Å². The molecule has 7 heteroatoms. The van der Waals surface area contributed by atoms with Crippen molar-refractivity contribution < 1.29 is 24.5 Å². The number of piperidine rings is 1. The SMILES string of the molecule is CCOc1ccccc1CN1CCC(N2CCc3ccccc3C2)CC1.O=C(O)C(=O)O. The first-order valence-corrected chi connectivity index (χ1v) is 11.2. The van der Waals surface area contributed by atoms with Crippen LogP contribution in [0.15, 0.2) is 48.5 Å². The molecule has 0 radical (unpaired) electrons. The van der Waals surface area contributed by atoms with Gasteiger partial charge in [0.25, 0.3) is 0 Å². The van der Waals surface area contributed by atoms with Crippen LogP contribution in [0.4, 0.5) is 0 Å². The second-order valence-corrected chi connectivity index (χ2v) is 8.15. The number of carboxylic acids is 2. The van der Waals surface area contributed by atoms with Gasteiger partial charge < -0.3 is 14.9 Å². The van der Waals surface area contributed by atoms with Gasteiger partial charge in [-0.15, -0.1) is 0 Å². The maximum absolute atomic E-state index is 9.10.